The summed E-state index contributed by atoms with van der Waals surface area (Å²) in [6.45, 7) is 1.70. The summed E-state index contributed by atoms with van der Waals surface area (Å²) in [5.74, 6) is -0.737. The van der Waals surface area contributed by atoms with E-state index in [0.29, 0.717) is 27.8 Å². The first-order valence-electron chi connectivity index (χ1n) is 12.5. The molecule has 0 fully saturated rings. The molecule has 0 spiro atoms. The Hall–Kier alpha value is -2.54. The summed E-state index contributed by atoms with van der Waals surface area (Å²) < 4.78 is 11.4. The van der Waals surface area contributed by atoms with Crippen molar-refractivity contribution in [2.45, 2.75) is 77.6 Å². The number of benzene rings is 2. The first-order valence-corrected chi connectivity index (χ1v) is 13.3. The van der Waals surface area contributed by atoms with Crippen LogP contribution in [-0.2, 0) is 11.2 Å². The number of primary amides is 1. The average molecular weight is 549 g/mol. The number of hydrogen-bond donors (Lipinski definition) is 2. The number of hydrogen-bond acceptors (Lipinski definition) is 4. The molecule has 0 unspecified atom stereocenters. The Balaban J connectivity index is 2.19. The molecule has 2 aromatic carbocycles. The molecule has 3 N–H and O–H groups in total. The number of aliphatic carboxylic acids is 1. The van der Waals surface area contributed by atoms with Gasteiger partial charge in [0.05, 0.1) is 17.1 Å². The quantitative estimate of drug-likeness (QED) is 0.205. The van der Waals surface area contributed by atoms with Gasteiger partial charge in [0.1, 0.15) is 11.5 Å². The van der Waals surface area contributed by atoms with Crippen LogP contribution in [0.15, 0.2) is 34.8 Å². The highest BCUT2D eigenvalue weighted by molar-refractivity contribution is 9.10. The number of ether oxygens (including phenoxy) is 2. The third-order valence-electron chi connectivity index (χ3n) is 6.07. The van der Waals surface area contributed by atoms with E-state index < -0.39 is 18.5 Å². The molecule has 0 aromatic heterocycles. The summed E-state index contributed by atoms with van der Waals surface area (Å²) >= 11 is 3.49. The van der Waals surface area contributed by atoms with Gasteiger partial charge >= 0.3 is 5.97 Å². The summed E-state index contributed by atoms with van der Waals surface area (Å²) in [4.78, 5) is 23.5. The molecule has 192 valence electrons. The van der Waals surface area contributed by atoms with E-state index in [1.807, 2.05) is 30.3 Å². The molecule has 0 atom stereocenters. The molecule has 0 saturated heterocycles. The predicted molar refractivity (Wildman–Crippen MR) is 143 cm³/mol. The SMILES string of the molecule is CCCCCCCCCCCCc1cc(-c2cccc(OC)c2)c(OCC(=O)O)c(Br)c1C(N)=O. The van der Waals surface area contributed by atoms with Crippen LogP contribution in [0.2, 0.25) is 0 Å². The molecular formula is C28H38BrNO5. The molecule has 0 radical (unpaired) electrons. The average Bonchev–Trinajstić information content (AvgIpc) is 2.83. The fourth-order valence-electron chi connectivity index (χ4n) is 4.23. The van der Waals surface area contributed by atoms with Crippen LogP contribution in [0.5, 0.6) is 11.5 Å². The maximum Gasteiger partial charge on any atom is 0.341 e. The largest absolute Gasteiger partial charge is 0.497 e. The Morgan fingerprint density at radius 2 is 1.60 bits per heavy atom. The van der Waals surface area contributed by atoms with Crippen LogP contribution in [0.3, 0.4) is 0 Å². The van der Waals surface area contributed by atoms with Crippen molar-refractivity contribution in [2.24, 2.45) is 5.73 Å². The number of methoxy groups -OCH3 is 1. The Morgan fingerprint density at radius 1 is 0.971 bits per heavy atom. The molecule has 2 aromatic rings. The van der Waals surface area contributed by atoms with Gasteiger partial charge in [-0.3, -0.25) is 4.79 Å². The monoisotopic (exact) mass is 547 g/mol. The minimum absolute atomic E-state index is 0.279. The minimum atomic E-state index is -1.11. The second-order valence-corrected chi connectivity index (χ2v) is 9.60. The van der Waals surface area contributed by atoms with E-state index in [2.05, 4.69) is 22.9 Å². The first kappa shape index (κ1) is 28.7. The molecule has 0 aliphatic heterocycles. The molecule has 35 heavy (non-hydrogen) atoms. The number of aryl methyl sites for hydroxylation is 1. The lowest BCUT2D eigenvalue weighted by Gasteiger charge is -2.19. The predicted octanol–water partition coefficient (Wildman–Crippen LogP) is 7.15. The highest BCUT2D eigenvalue weighted by Crippen LogP contribution is 2.42. The molecule has 0 aliphatic carbocycles. The van der Waals surface area contributed by atoms with Gasteiger partial charge in [0, 0.05) is 5.56 Å². The van der Waals surface area contributed by atoms with Crippen LogP contribution in [0.4, 0.5) is 0 Å². The number of amides is 1. The third kappa shape index (κ3) is 9.21. The number of rotatable bonds is 17. The summed E-state index contributed by atoms with van der Waals surface area (Å²) in [6.07, 6.45) is 13.0. The number of carbonyl (C=O) groups excluding carboxylic acids is 1. The molecule has 0 bridgehead atoms. The van der Waals surface area contributed by atoms with Gasteiger partial charge in [0.2, 0.25) is 5.91 Å². The molecule has 0 aliphatic rings. The Labute approximate surface area is 217 Å². The maximum absolute atomic E-state index is 12.4. The van der Waals surface area contributed by atoms with Gasteiger partial charge in [-0.05, 0) is 58.1 Å². The van der Waals surface area contributed by atoms with E-state index in [-0.39, 0.29) is 5.75 Å². The lowest BCUT2D eigenvalue weighted by Crippen LogP contribution is -2.17. The first-order chi connectivity index (χ1) is 16.9. The van der Waals surface area contributed by atoms with Crippen molar-refractivity contribution in [3.63, 3.8) is 0 Å². The van der Waals surface area contributed by atoms with Crippen molar-refractivity contribution in [3.8, 4) is 22.6 Å². The summed E-state index contributed by atoms with van der Waals surface area (Å²) in [7, 11) is 1.59. The van der Waals surface area contributed by atoms with Crippen molar-refractivity contribution >= 4 is 27.8 Å². The van der Waals surface area contributed by atoms with Crippen LogP contribution in [0.25, 0.3) is 11.1 Å². The molecule has 1 amide bonds. The summed E-state index contributed by atoms with van der Waals surface area (Å²) in [6, 6.07) is 9.33. The van der Waals surface area contributed by atoms with Gasteiger partial charge in [0.25, 0.3) is 0 Å². The normalized spacial score (nSPS) is 10.8. The maximum atomic E-state index is 12.4. The summed E-state index contributed by atoms with van der Waals surface area (Å²) in [5.41, 5.74) is 8.38. The second kappa shape index (κ2) is 15.5. The zero-order valence-electron chi connectivity index (χ0n) is 20.9. The standard InChI is InChI=1S/C28H38BrNO5/c1-3-4-5-6-7-8-9-10-11-12-14-21-18-23(20-15-13-16-22(17-20)34-2)27(35-19-24(31)32)26(29)25(21)28(30)33/h13,15-18H,3-12,14,19H2,1-2H3,(H2,30,33)(H,31,32). The highest BCUT2D eigenvalue weighted by Gasteiger charge is 2.22. The number of carbonyl (C=O) groups is 2. The fraction of sp³-hybridized carbons (Fsp3) is 0.500. The van der Waals surface area contributed by atoms with Crippen LogP contribution < -0.4 is 15.2 Å². The Bertz CT molecular complexity index is 976. The van der Waals surface area contributed by atoms with Crippen molar-refractivity contribution in [2.75, 3.05) is 13.7 Å². The highest BCUT2D eigenvalue weighted by atomic mass is 79.9. The van der Waals surface area contributed by atoms with E-state index in [1.54, 1.807) is 7.11 Å². The number of unbranched alkanes of at least 4 members (excludes halogenated alkanes) is 9. The van der Waals surface area contributed by atoms with E-state index in [9.17, 15) is 9.59 Å². The van der Waals surface area contributed by atoms with Gasteiger partial charge in [-0.2, -0.15) is 0 Å². The second-order valence-electron chi connectivity index (χ2n) is 8.81. The van der Waals surface area contributed by atoms with Gasteiger partial charge in [-0.1, -0.05) is 76.8 Å². The van der Waals surface area contributed by atoms with Crippen molar-refractivity contribution < 1.29 is 24.2 Å². The molecule has 0 saturated carbocycles. The van der Waals surface area contributed by atoms with E-state index in [1.165, 1.54) is 51.4 Å². The third-order valence-corrected chi connectivity index (χ3v) is 6.83. The molecule has 2 rings (SSSR count). The van der Waals surface area contributed by atoms with Crippen LogP contribution >= 0.6 is 15.9 Å². The van der Waals surface area contributed by atoms with Crippen molar-refractivity contribution in [1.29, 1.82) is 0 Å². The van der Waals surface area contributed by atoms with Crippen LogP contribution in [0, 0.1) is 0 Å². The van der Waals surface area contributed by atoms with Gasteiger partial charge in [-0.15, -0.1) is 0 Å². The molecule has 0 heterocycles. The van der Waals surface area contributed by atoms with E-state index in [4.69, 9.17) is 20.3 Å². The smallest absolute Gasteiger partial charge is 0.341 e. The Kier molecular flexibility index (Phi) is 12.7. The number of halogens is 1. The number of nitrogens with two attached hydrogens (primary N) is 1. The number of carboxylic acid groups (broad SMARTS) is 1. The van der Waals surface area contributed by atoms with Gasteiger partial charge in [-0.25, -0.2) is 4.79 Å². The molecule has 6 nitrogen and oxygen atoms in total. The van der Waals surface area contributed by atoms with Crippen molar-refractivity contribution in [1.82, 2.24) is 0 Å². The van der Waals surface area contributed by atoms with E-state index in [0.717, 1.165) is 24.0 Å². The fourth-order valence-corrected chi connectivity index (χ4v) is 5.01. The van der Waals surface area contributed by atoms with Crippen LogP contribution in [-0.4, -0.2) is 30.7 Å². The summed E-state index contributed by atoms with van der Waals surface area (Å²) in [5, 5.41) is 9.15. The molecule has 7 heteroatoms. The van der Waals surface area contributed by atoms with Gasteiger partial charge in [0.15, 0.2) is 6.61 Å². The van der Waals surface area contributed by atoms with Crippen molar-refractivity contribution in [3.05, 3.63) is 45.9 Å². The Morgan fingerprint density at radius 3 is 2.17 bits per heavy atom. The zero-order chi connectivity index (χ0) is 25.6. The zero-order valence-corrected chi connectivity index (χ0v) is 22.5. The lowest BCUT2D eigenvalue weighted by atomic mass is 9.94. The van der Waals surface area contributed by atoms with E-state index >= 15 is 0 Å². The topological polar surface area (TPSA) is 98.8 Å². The molecular weight excluding hydrogens is 510 g/mol. The number of carboxylic acids is 1. The van der Waals surface area contributed by atoms with Crippen LogP contribution in [0.1, 0.15) is 87.1 Å². The lowest BCUT2D eigenvalue weighted by molar-refractivity contribution is -0.139. The minimum Gasteiger partial charge on any atom is -0.497 e. The van der Waals surface area contributed by atoms with Gasteiger partial charge < -0.3 is 20.3 Å².